The summed E-state index contributed by atoms with van der Waals surface area (Å²) in [5.74, 6) is -0.0902. The molecular weight excluding hydrogens is 357 g/mol. The molecule has 2 aromatic carbocycles. The smallest absolute Gasteiger partial charge is 0.153 e. The Labute approximate surface area is 134 Å². The lowest BCUT2D eigenvalue weighted by Gasteiger charge is -2.08. The number of halogens is 3. The lowest BCUT2D eigenvalue weighted by atomic mass is 10.0. The van der Waals surface area contributed by atoms with E-state index in [1.807, 2.05) is 24.3 Å². The molecule has 0 aliphatic heterocycles. The number of nitrogen functional groups attached to an aromatic ring is 1. The molecule has 0 bridgehead atoms. The summed E-state index contributed by atoms with van der Waals surface area (Å²) in [5, 5.41) is 7.24. The van der Waals surface area contributed by atoms with Crippen molar-refractivity contribution in [3.8, 4) is 22.4 Å². The molecule has 0 amide bonds. The van der Waals surface area contributed by atoms with Crippen LogP contribution < -0.4 is 5.73 Å². The standard InChI is InChI=1S/C15H10BrClFN3/c16-11-4-2-1-3-9(11)13-14(20-21-15(13)19)10-7-8(17)5-6-12(10)18/h1-7H,(H3,19,20,21). The number of hydrogen-bond donors (Lipinski definition) is 2. The van der Waals surface area contributed by atoms with Crippen molar-refractivity contribution in [3.05, 3.63) is 57.8 Å². The minimum Gasteiger partial charge on any atom is -0.382 e. The van der Waals surface area contributed by atoms with Gasteiger partial charge in [-0.15, -0.1) is 0 Å². The molecule has 0 spiro atoms. The number of H-pyrrole nitrogens is 1. The van der Waals surface area contributed by atoms with Gasteiger partial charge in [-0.25, -0.2) is 4.39 Å². The molecule has 0 aliphatic carbocycles. The van der Waals surface area contributed by atoms with Crippen LogP contribution in [-0.2, 0) is 0 Å². The first-order valence-corrected chi connectivity index (χ1v) is 7.29. The maximum atomic E-state index is 14.1. The summed E-state index contributed by atoms with van der Waals surface area (Å²) in [6, 6.07) is 11.9. The van der Waals surface area contributed by atoms with Gasteiger partial charge in [-0.2, -0.15) is 5.10 Å². The van der Waals surface area contributed by atoms with E-state index in [0.717, 1.165) is 10.0 Å². The summed E-state index contributed by atoms with van der Waals surface area (Å²) in [6.07, 6.45) is 0. The molecule has 3 N–H and O–H groups in total. The summed E-state index contributed by atoms with van der Waals surface area (Å²) in [7, 11) is 0. The largest absolute Gasteiger partial charge is 0.382 e. The van der Waals surface area contributed by atoms with Crippen LogP contribution in [-0.4, -0.2) is 10.2 Å². The molecule has 0 aliphatic rings. The molecule has 0 saturated carbocycles. The number of anilines is 1. The SMILES string of the molecule is Nc1n[nH]c(-c2cc(Cl)ccc2F)c1-c1ccccc1Br. The van der Waals surface area contributed by atoms with Crippen molar-refractivity contribution in [2.75, 3.05) is 5.73 Å². The Balaban J connectivity index is 2.27. The summed E-state index contributed by atoms with van der Waals surface area (Å²) in [6.45, 7) is 0. The zero-order valence-corrected chi connectivity index (χ0v) is 13.0. The number of benzene rings is 2. The second-order valence-electron chi connectivity index (χ2n) is 4.46. The van der Waals surface area contributed by atoms with Crippen LogP contribution in [0.25, 0.3) is 22.4 Å². The molecule has 0 radical (unpaired) electrons. The minimum atomic E-state index is -0.392. The van der Waals surface area contributed by atoms with Crippen LogP contribution >= 0.6 is 27.5 Å². The maximum absolute atomic E-state index is 14.1. The zero-order valence-electron chi connectivity index (χ0n) is 10.7. The third-order valence-corrected chi connectivity index (χ3v) is 4.06. The third kappa shape index (κ3) is 2.54. The fourth-order valence-electron chi connectivity index (χ4n) is 2.18. The molecule has 1 heterocycles. The van der Waals surface area contributed by atoms with Crippen LogP contribution in [0.2, 0.25) is 5.02 Å². The van der Waals surface area contributed by atoms with Crippen LogP contribution in [0.5, 0.6) is 0 Å². The van der Waals surface area contributed by atoms with Gasteiger partial charge in [-0.05, 0) is 24.3 Å². The number of nitrogens with two attached hydrogens (primary N) is 1. The van der Waals surface area contributed by atoms with Crippen LogP contribution in [0.15, 0.2) is 46.9 Å². The van der Waals surface area contributed by atoms with Crippen molar-refractivity contribution in [3.63, 3.8) is 0 Å². The van der Waals surface area contributed by atoms with Gasteiger partial charge in [-0.1, -0.05) is 45.7 Å². The molecule has 3 aromatic rings. The normalized spacial score (nSPS) is 10.8. The van der Waals surface area contributed by atoms with Gasteiger partial charge in [0.1, 0.15) is 5.82 Å². The van der Waals surface area contributed by atoms with Crippen molar-refractivity contribution in [2.45, 2.75) is 0 Å². The number of nitrogens with zero attached hydrogens (tertiary/aromatic N) is 1. The molecule has 3 nitrogen and oxygen atoms in total. The lowest BCUT2D eigenvalue weighted by molar-refractivity contribution is 0.630. The topological polar surface area (TPSA) is 54.7 Å². The lowest BCUT2D eigenvalue weighted by Crippen LogP contribution is -1.91. The summed E-state index contributed by atoms with van der Waals surface area (Å²) in [5.41, 5.74) is 8.25. The number of hydrogen-bond acceptors (Lipinski definition) is 2. The van der Waals surface area contributed by atoms with Gasteiger partial charge in [-0.3, -0.25) is 5.10 Å². The molecule has 6 heteroatoms. The van der Waals surface area contributed by atoms with E-state index in [1.54, 1.807) is 6.07 Å². The van der Waals surface area contributed by atoms with Crippen molar-refractivity contribution in [1.29, 1.82) is 0 Å². The Kier molecular flexibility index (Phi) is 3.69. The molecule has 0 saturated heterocycles. The van der Waals surface area contributed by atoms with Crippen LogP contribution in [0.1, 0.15) is 0 Å². The van der Waals surface area contributed by atoms with E-state index < -0.39 is 5.82 Å². The third-order valence-electron chi connectivity index (χ3n) is 3.14. The van der Waals surface area contributed by atoms with Crippen LogP contribution in [0.3, 0.4) is 0 Å². The molecule has 0 fully saturated rings. The Morgan fingerprint density at radius 2 is 1.90 bits per heavy atom. The van der Waals surface area contributed by atoms with Gasteiger partial charge in [0.15, 0.2) is 5.82 Å². The predicted octanol–water partition coefficient (Wildman–Crippen LogP) is 4.88. The second kappa shape index (κ2) is 5.50. The maximum Gasteiger partial charge on any atom is 0.153 e. The molecule has 0 atom stereocenters. The van der Waals surface area contributed by atoms with Gasteiger partial charge < -0.3 is 5.73 Å². The molecule has 3 rings (SSSR count). The average molecular weight is 367 g/mol. The first-order valence-electron chi connectivity index (χ1n) is 6.12. The second-order valence-corrected chi connectivity index (χ2v) is 5.75. The molecule has 0 unspecified atom stereocenters. The molecular formula is C15H10BrClFN3. The Hall–Kier alpha value is -1.85. The van der Waals surface area contributed by atoms with Gasteiger partial charge in [0.25, 0.3) is 0 Å². The van der Waals surface area contributed by atoms with Crippen molar-refractivity contribution in [2.24, 2.45) is 0 Å². The van der Waals surface area contributed by atoms with Crippen molar-refractivity contribution < 1.29 is 4.39 Å². The Morgan fingerprint density at radius 3 is 2.67 bits per heavy atom. The first kappa shape index (κ1) is 14.1. The highest BCUT2D eigenvalue weighted by atomic mass is 79.9. The Bertz CT molecular complexity index is 816. The zero-order chi connectivity index (χ0) is 15.0. The number of aromatic amines is 1. The van der Waals surface area contributed by atoms with E-state index in [4.69, 9.17) is 17.3 Å². The van der Waals surface area contributed by atoms with Crippen molar-refractivity contribution in [1.82, 2.24) is 10.2 Å². The minimum absolute atomic E-state index is 0.302. The van der Waals surface area contributed by atoms with Gasteiger partial charge >= 0.3 is 0 Å². The number of rotatable bonds is 2. The number of aromatic nitrogens is 2. The van der Waals surface area contributed by atoms with Crippen molar-refractivity contribution >= 4 is 33.3 Å². The van der Waals surface area contributed by atoms with E-state index in [1.165, 1.54) is 12.1 Å². The highest BCUT2D eigenvalue weighted by molar-refractivity contribution is 9.10. The van der Waals surface area contributed by atoms with Gasteiger partial charge in [0, 0.05) is 20.6 Å². The molecule has 1 aromatic heterocycles. The summed E-state index contributed by atoms with van der Waals surface area (Å²) >= 11 is 9.44. The van der Waals surface area contributed by atoms with E-state index in [9.17, 15) is 4.39 Å². The first-order chi connectivity index (χ1) is 10.1. The molecule has 21 heavy (non-hydrogen) atoms. The highest BCUT2D eigenvalue weighted by Gasteiger charge is 2.19. The van der Waals surface area contributed by atoms with Crippen LogP contribution in [0, 0.1) is 5.82 Å². The predicted molar refractivity (Wildman–Crippen MR) is 86.5 cm³/mol. The van der Waals surface area contributed by atoms with Crippen LogP contribution in [0.4, 0.5) is 10.2 Å². The van der Waals surface area contributed by atoms with E-state index >= 15 is 0 Å². The monoisotopic (exact) mass is 365 g/mol. The Morgan fingerprint density at radius 1 is 1.14 bits per heavy atom. The summed E-state index contributed by atoms with van der Waals surface area (Å²) in [4.78, 5) is 0. The summed E-state index contributed by atoms with van der Waals surface area (Å²) < 4.78 is 15.0. The number of nitrogens with one attached hydrogen (secondary N) is 1. The van der Waals surface area contributed by atoms with E-state index in [0.29, 0.717) is 27.7 Å². The quantitative estimate of drug-likeness (QED) is 0.679. The van der Waals surface area contributed by atoms with Gasteiger partial charge in [0.2, 0.25) is 0 Å². The highest BCUT2D eigenvalue weighted by Crippen LogP contribution is 2.39. The van der Waals surface area contributed by atoms with Gasteiger partial charge in [0.05, 0.1) is 11.3 Å². The van der Waals surface area contributed by atoms with E-state index in [2.05, 4.69) is 26.1 Å². The fourth-order valence-corrected chi connectivity index (χ4v) is 2.83. The fraction of sp³-hybridized carbons (Fsp3) is 0. The average Bonchev–Trinajstić information content (AvgIpc) is 2.84. The molecule has 106 valence electrons. The van der Waals surface area contributed by atoms with E-state index in [-0.39, 0.29) is 0 Å².